The predicted octanol–water partition coefficient (Wildman–Crippen LogP) is 7.00. The Labute approximate surface area is 237 Å². The van der Waals surface area contributed by atoms with Gasteiger partial charge in [0.25, 0.3) is 5.91 Å². The summed E-state index contributed by atoms with van der Waals surface area (Å²) in [5.74, 6) is 0.231. The van der Waals surface area contributed by atoms with Crippen molar-refractivity contribution in [3.8, 4) is 28.8 Å². The number of carbonyl (C=O) groups excluding carboxylic acids is 1. The molecule has 196 valence electrons. The average Bonchev–Trinajstić information content (AvgIpc) is 3.43. The molecule has 0 saturated carbocycles. The summed E-state index contributed by atoms with van der Waals surface area (Å²) >= 11 is 6.25. The molecule has 6 nitrogen and oxygen atoms in total. The summed E-state index contributed by atoms with van der Waals surface area (Å²) in [6.45, 7) is 0.670. The summed E-state index contributed by atoms with van der Waals surface area (Å²) in [4.78, 5) is 12.9. The molecule has 1 N–H and O–H groups in total. The number of amides is 1. The molecule has 0 fully saturated rings. The first-order valence-corrected chi connectivity index (χ1v) is 13.0. The fraction of sp³-hybridized carbons (Fsp3) is 0.0606. The van der Waals surface area contributed by atoms with Crippen LogP contribution < -0.4 is 10.1 Å². The van der Waals surface area contributed by atoms with Gasteiger partial charge in [-0.3, -0.25) is 4.79 Å². The summed E-state index contributed by atoms with van der Waals surface area (Å²) in [5, 5.41) is 18.1. The SMILES string of the molecule is N#CC(=Cc1cn(-c2ccccc2)nc1-c1ccc(OCc2ccccc2Cl)cc1)C(=O)NCc1ccccc1. The molecule has 0 bridgehead atoms. The topological polar surface area (TPSA) is 79.9 Å². The van der Waals surface area contributed by atoms with Gasteiger partial charge in [-0.25, -0.2) is 4.68 Å². The largest absolute Gasteiger partial charge is 0.489 e. The van der Waals surface area contributed by atoms with Crippen LogP contribution in [0.3, 0.4) is 0 Å². The minimum absolute atomic E-state index is 0.00974. The summed E-state index contributed by atoms with van der Waals surface area (Å²) < 4.78 is 7.66. The van der Waals surface area contributed by atoms with Gasteiger partial charge in [0.1, 0.15) is 24.0 Å². The van der Waals surface area contributed by atoms with Gasteiger partial charge < -0.3 is 10.1 Å². The van der Waals surface area contributed by atoms with Crippen LogP contribution in [0.5, 0.6) is 5.75 Å². The molecule has 0 unspecified atom stereocenters. The lowest BCUT2D eigenvalue weighted by Crippen LogP contribution is -2.23. The fourth-order valence-electron chi connectivity index (χ4n) is 4.09. The van der Waals surface area contributed by atoms with Crippen molar-refractivity contribution >= 4 is 23.6 Å². The van der Waals surface area contributed by atoms with Crippen molar-refractivity contribution < 1.29 is 9.53 Å². The number of aromatic nitrogens is 2. The molecule has 40 heavy (non-hydrogen) atoms. The van der Waals surface area contributed by atoms with Crippen molar-refractivity contribution in [2.24, 2.45) is 0 Å². The van der Waals surface area contributed by atoms with Crippen LogP contribution in [0.1, 0.15) is 16.7 Å². The summed E-state index contributed by atoms with van der Waals surface area (Å²) in [7, 11) is 0. The zero-order valence-corrected chi connectivity index (χ0v) is 22.3. The van der Waals surface area contributed by atoms with Gasteiger partial charge >= 0.3 is 0 Å². The van der Waals surface area contributed by atoms with Crippen LogP contribution in [-0.4, -0.2) is 15.7 Å². The standard InChI is InChI=1S/C33H25ClN4O2/c34-31-14-8-7-11-26(31)23-40-30-17-15-25(16-18-30)32-28(22-38(37-32)29-12-5-2-6-13-29)19-27(20-35)33(39)36-21-24-9-3-1-4-10-24/h1-19,22H,21,23H2,(H,36,39). The second kappa shape index (κ2) is 12.6. The second-order valence-corrected chi connectivity index (χ2v) is 9.36. The Morgan fingerprint density at radius 1 is 0.925 bits per heavy atom. The lowest BCUT2D eigenvalue weighted by atomic mass is 10.1. The third-order valence-electron chi connectivity index (χ3n) is 6.20. The van der Waals surface area contributed by atoms with E-state index in [2.05, 4.69) is 5.32 Å². The van der Waals surface area contributed by atoms with Crippen molar-refractivity contribution in [3.05, 3.63) is 143 Å². The van der Waals surface area contributed by atoms with Crippen LogP contribution in [0.2, 0.25) is 5.02 Å². The molecule has 4 aromatic carbocycles. The molecule has 5 rings (SSSR count). The number of halogens is 1. The van der Waals surface area contributed by atoms with Crippen LogP contribution in [0.4, 0.5) is 0 Å². The maximum Gasteiger partial charge on any atom is 0.262 e. The van der Waals surface area contributed by atoms with E-state index in [9.17, 15) is 10.1 Å². The number of para-hydroxylation sites is 1. The minimum Gasteiger partial charge on any atom is -0.489 e. The first-order valence-electron chi connectivity index (χ1n) is 12.7. The Balaban J connectivity index is 1.41. The lowest BCUT2D eigenvalue weighted by molar-refractivity contribution is -0.117. The van der Waals surface area contributed by atoms with E-state index in [0.29, 0.717) is 35.2 Å². The van der Waals surface area contributed by atoms with E-state index in [1.165, 1.54) is 0 Å². The molecule has 0 aliphatic heterocycles. The molecule has 5 aromatic rings. The van der Waals surface area contributed by atoms with Crippen molar-refractivity contribution in [3.63, 3.8) is 0 Å². The normalized spacial score (nSPS) is 11.1. The quantitative estimate of drug-likeness (QED) is 0.160. The van der Waals surface area contributed by atoms with Gasteiger partial charge in [-0.1, -0.05) is 78.3 Å². The van der Waals surface area contributed by atoms with Crippen molar-refractivity contribution in [2.45, 2.75) is 13.2 Å². The van der Waals surface area contributed by atoms with Crippen LogP contribution in [-0.2, 0) is 17.9 Å². The molecule has 0 spiro atoms. The van der Waals surface area contributed by atoms with Crippen LogP contribution >= 0.6 is 11.6 Å². The smallest absolute Gasteiger partial charge is 0.262 e. The maximum atomic E-state index is 12.9. The van der Waals surface area contributed by atoms with Crippen LogP contribution in [0.15, 0.2) is 121 Å². The number of carbonyl (C=O) groups is 1. The molecular weight excluding hydrogens is 520 g/mol. The van der Waals surface area contributed by atoms with Crippen LogP contribution in [0.25, 0.3) is 23.0 Å². The number of ether oxygens (including phenoxy) is 1. The van der Waals surface area contributed by atoms with Crippen molar-refractivity contribution in [1.29, 1.82) is 5.26 Å². The van der Waals surface area contributed by atoms with E-state index < -0.39 is 5.91 Å². The van der Waals surface area contributed by atoms with Gasteiger partial charge in [0, 0.05) is 34.5 Å². The van der Waals surface area contributed by atoms with E-state index in [-0.39, 0.29) is 5.57 Å². The van der Waals surface area contributed by atoms with Gasteiger partial charge in [0.15, 0.2) is 0 Å². The van der Waals surface area contributed by atoms with Gasteiger partial charge in [-0.2, -0.15) is 10.4 Å². The Bertz CT molecular complexity index is 1670. The zero-order valence-electron chi connectivity index (χ0n) is 21.5. The molecular formula is C33H25ClN4O2. The van der Waals surface area contributed by atoms with Crippen molar-refractivity contribution in [2.75, 3.05) is 0 Å². The first kappa shape index (κ1) is 26.5. The molecule has 0 saturated heterocycles. The number of rotatable bonds is 9. The molecule has 1 heterocycles. The Kier molecular flexibility index (Phi) is 8.35. The average molecular weight is 545 g/mol. The second-order valence-electron chi connectivity index (χ2n) is 8.96. The summed E-state index contributed by atoms with van der Waals surface area (Å²) in [6, 6.07) is 36.3. The zero-order chi connectivity index (χ0) is 27.7. The number of nitriles is 1. The summed E-state index contributed by atoms with van der Waals surface area (Å²) in [5.41, 5.74) is 4.78. The fourth-order valence-corrected chi connectivity index (χ4v) is 4.28. The summed E-state index contributed by atoms with van der Waals surface area (Å²) in [6.07, 6.45) is 3.39. The molecule has 1 aromatic heterocycles. The van der Waals surface area contributed by atoms with E-state index in [4.69, 9.17) is 21.4 Å². The number of benzene rings is 4. The van der Waals surface area contributed by atoms with Gasteiger partial charge in [0.05, 0.1) is 11.4 Å². The highest BCUT2D eigenvalue weighted by molar-refractivity contribution is 6.31. The lowest BCUT2D eigenvalue weighted by Gasteiger charge is -2.08. The highest BCUT2D eigenvalue weighted by Gasteiger charge is 2.15. The van der Waals surface area contributed by atoms with Gasteiger partial charge in [0.2, 0.25) is 0 Å². The molecule has 0 aliphatic carbocycles. The third-order valence-corrected chi connectivity index (χ3v) is 6.57. The van der Waals surface area contributed by atoms with E-state index in [1.54, 1.807) is 10.8 Å². The van der Waals surface area contributed by atoms with E-state index in [0.717, 1.165) is 22.4 Å². The van der Waals surface area contributed by atoms with E-state index in [1.807, 2.05) is 121 Å². The van der Waals surface area contributed by atoms with Crippen LogP contribution in [0, 0.1) is 11.3 Å². The Hall–Kier alpha value is -5.12. The molecule has 0 radical (unpaired) electrons. The number of hydrogen-bond acceptors (Lipinski definition) is 4. The molecule has 7 heteroatoms. The van der Waals surface area contributed by atoms with Gasteiger partial charge in [-0.15, -0.1) is 0 Å². The number of nitrogens with one attached hydrogen (secondary N) is 1. The Morgan fingerprint density at radius 2 is 1.60 bits per heavy atom. The highest BCUT2D eigenvalue weighted by Crippen LogP contribution is 2.28. The monoisotopic (exact) mass is 544 g/mol. The number of nitrogens with zero attached hydrogens (tertiary/aromatic N) is 3. The third kappa shape index (κ3) is 6.47. The number of hydrogen-bond donors (Lipinski definition) is 1. The molecule has 0 atom stereocenters. The highest BCUT2D eigenvalue weighted by atomic mass is 35.5. The van der Waals surface area contributed by atoms with Crippen molar-refractivity contribution in [1.82, 2.24) is 15.1 Å². The van der Waals surface area contributed by atoms with E-state index >= 15 is 0 Å². The molecule has 0 aliphatic rings. The minimum atomic E-state index is -0.451. The van der Waals surface area contributed by atoms with Gasteiger partial charge in [-0.05, 0) is 54.1 Å². The Morgan fingerprint density at radius 3 is 2.30 bits per heavy atom. The maximum absolute atomic E-state index is 12.9. The predicted molar refractivity (Wildman–Crippen MR) is 157 cm³/mol. The molecule has 1 amide bonds. The first-order chi connectivity index (χ1) is 19.6.